The molecule has 29 heavy (non-hydrogen) atoms. The first-order chi connectivity index (χ1) is 14.0. The van der Waals surface area contributed by atoms with Gasteiger partial charge < -0.3 is 16.0 Å². The fourth-order valence-corrected chi connectivity index (χ4v) is 3.59. The summed E-state index contributed by atoms with van der Waals surface area (Å²) in [4.78, 5) is 23.6. The summed E-state index contributed by atoms with van der Waals surface area (Å²) in [6, 6.07) is 12.2. The van der Waals surface area contributed by atoms with Crippen LogP contribution in [0.1, 0.15) is 28.0 Å². The van der Waals surface area contributed by atoms with E-state index >= 15 is 0 Å². The van der Waals surface area contributed by atoms with Crippen LogP contribution in [0, 0.1) is 0 Å². The Morgan fingerprint density at radius 1 is 1.10 bits per heavy atom. The molecule has 1 unspecified atom stereocenters. The van der Waals surface area contributed by atoms with Crippen LogP contribution in [0.15, 0.2) is 55.0 Å². The minimum absolute atomic E-state index is 0.162. The zero-order chi connectivity index (χ0) is 20.4. The molecular weight excluding hydrogens is 362 g/mol. The number of nitrogens with two attached hydrogens (primary N) is 1. The van der Waals surface area contributed by atoms with E-state index in [1.165, 1.54) is 0 Å². The highest BCUT2D eigenvalue weighted by molar-refractivity contribution is 6.04. The first-order valence-corrected chi connectivity index (χ1v) is 9.77. The van der Waals surface area contributed by atoms with Gasteiger partial charge in [-0.25, -0.2) is 0 Å². The van der Waals surface area contributed by atoms with E-state index in [0.29, 0.717) is 11.3 Å². The zero-order valence-corrected chi connectivity index (χ0v) is 16.7. The lowest BCUT2D eigenvalue weighted by atomic mass is 9.92. The summed E-state index contributed by atoms with van der Waals surface area (Å²) in [6.45, 7) is 0. The Bertz CT molecular complexity index is 1030. The Kier molecular flexibility index (Phi) is 5.27. The molecule has 0 fully saturated rings. The maximum absolute atomic E-state index is 12.8. The van der Waals surface area contributed by atoms with Crippen molar-refractivity contribution in [2.45, 2.75) is 25.3 Å². The third kappa shape index (κ3) is 4.27. The van der Waals surface area contributed by atoms with Gasteiger partial charge in [0.25, 0.3) is 5.91 Å². The number of anilines is 2. The quantitative estimate of drug-likeness (QED) is 0.718. The van der Waals surface area contributed by atoms with Crippen LogP contribution in [0.4, 0.5) is 11.4 Å². The molecule has 3 aromatic rings. The van der Waals surface area contributed by atoms with Crippen LogP contribution in [0.2, 0.25) is 0 Å². The number of hydrogen-bond acceptors (Lipinski definition) is 5. The van der Waals surface area contributed by atoms with Gasteiger partial charge in [-0.3, -0.25) is 14.8 Å². The molecule has 0 spiro atoms. The van der Waals surface area contributed by atoms with E-state index in [9.17, 15) is 4.79 Å². The minimum atomic E-state index is -0.203. The second-order valence-corrected chi connectivity index (χ2v) is 7.69. The van der Waals surface area contributed by atoms with Gasteiger partial charge in [-0.2, -0.15) is 0 Å². The molecule has 3 N–H and O–H groups in total. The summed E-state index contributed by atoms with van der Waals surface area (Å²) in [5, 5.41) is 2.94. The predicted octanol–water partition coefficient (Wildman–Crippen LogP) is 3.28. The van der Waals surface area contributed by atoms with Crippen LogP contribution in [0.25, 0.3) is 11.1 Å². The van der Waals surface area contributed by atoms with Crippen LogP contribution in [0.5, 0.6) is 0 Å². The number of amides is 1. The number of pyridine rings is 2. The first-order valence-electron chi connectivity index (χ1n) is 9.77. The van der Waals surface area contributed by atoms with Crippen LogP contribution in [-0.2, 0) is 12.8 Å². The van der Waals surface area contributed by atoms with Gasteiger partial charge in [0, 0.05) is 49.5 Å². The Balaban J connectivity index is 1.52. The number of fused-ring (bicyclic) bond motifs is 1. The zero-order valence-electron chi connectivity index (χ0n) is 16.7. The van der Waals surface area contributed by atoms with Gasteiger partial charge in [0.2, 0.25) is 0 Å². The highest BCUT2D eigenvalue weighted by Crippen LogP contribution is 2.24. The monoisotopic (exact) mass is 387 g/mol. The molecule has 0 radical (unpaired) electrons. The van der Waals surface area contributed by atoms with Gasteiger partial charge in [0.1, 0.15) is 0 Å². The average molecular weight is 387 g/mol. The van der Waals surface area contributed by atoms with Gasteiger partial charge in [-0.05, 0) is 54.7 Å². The summed E-state index contributed by atoms with van der Waals surface area (Å²) < 4.78 is 0. The Morgan fingerprint density at radius 3 is 2.66 bits per heavy atom. The van der Waals surface area contributed by atoms with Crippen molar-refractivity contribution in [2.75, 3.05) is 24.3 Å². The molecule has 0 bridgehead atoms. The van der Waals surface area contributed by atoms with Crippen molar-refractivity contribution in [3.63, 3.8) is 0 Å². The second kappa shape index (κ2) is 8.01. The third-order valence-electron chi connectivity index (χ3n) is 5.27. The summed E-state index contributed by atoms with van der Waals surface area (Å²) in [6.07, 6.45) is 7.71. The van der Waals surface area contributed by atoms with Crippen molar-refractivity contribution in [3.05, 3.63) is 71.8 Å². The first kappa shape index (κ1) is 19.1. The number of aromatic nitrogens is 2. The minimum Gasteiger partial charge on any atom is -0.378 e. The van der Waals surface area contributed by atoms with Gasteiger partial charge in [-0.1, -0.05) is 12.1 Å². The molecular formula is C23H25N5O. The van der Waals surface area contributed by atoms with Gasteiger partial charge in [0.05, 0.1) is 17.4 Å². The molecule has 1 aromatic carbocycles. The number of nitrogens with one attached hydrogen (secondary N) is 1. The Labute approximate surface area is 170 Å². The number of benzene rings is 1. The van der Waals surface area contributed by atoms with Crippen molar-refractivity contribution >= 4 is 17.3 Å². The maximum Gasteiger partial charge on any atom is 0.257 e. The standard InChI is InChI=1S/C23H25N5O/c1-28(2)21-6-3-15(4-7-21)17-9-18(13-25-12-17)23(29)27-20-11-16-10-19(24)5-8-22(16)26-14-20/h3-4,6-7,9,11-14,19H,5,8,10,24H2,1-2H3,(H,27,29). The summed E-state index contributed by atoms with van der Waals surface area (Å²) in [5.74, 6) is -0.203. The van der Waals surface area contributed by atoms with Crippen molar-refractivity contribution in [2.24, 2.45) is 5.73 Å². The van der Waals surface area contributed by atoms with E-state index in [4.69, 9.17) is 5.73 Å². The Morgan fingerprint density at radius 2 is 1.90 bits per heavy atom. The van der Waals surface area contributed by atoms with Crippen molar-refractivity contribution in [1.82, 2.24) is 9.97 Å². The summed E-state index contributed by atoms with van der Waals surface area (Å²) in [5.41, 5.74) is 12.5. The highest BCUT2D eigenvalue weighted by atomic mass is 16.1. The molecule has 1 atom stereocenters. The van der Waals surface area contributed by atoms with E-state index in [0.717, 1.165) is 47.3 Å². The van der Waals surface area contributed by atoms with E-state index in [1.807, 2.05) is 55.4 Å². The van der Waals surface area contributed by atoms with Crippen LogP contribution >= 0.6 is 0 Å². The van der Waals surface area contributed by atoms with E-state index in [2.05, 4.69) is 15.3 Å². The topological polar surface area (TPSA) is 84.1 Å². The predicted molar refractivity (Wildman–Crippen MR) is 116 cm³/mol. The molecule has 1 aliphatic rings. The fourth-order valence-electron chi connectivity index (χ4n) is 3.59. The van der Waals surface area contributed by atoms with Crippen molar-refractivity contribution in [1.29, 1.82) is 0 Å². The Hall–Kier alpha value is -3.25. The maximum atomic E-state index is 12.8. The van der Waals surface area contributed by atoms with E-state index < -0.39 is 0 Å². The SMILES string of the molecule is CN(C)c1ccc(-c2cncc(C(=O)Nc3cnc4c(c3)CC(N)CC4)c2)cc1. The third-order valence-corrected chi connectivity index (χ3v) is 5.27. The number of hydrogen-bond donors (Lipinski definition) is 2. The molecule has 2 heterocycles. The number of nitrogens with zero attached hydrogens (tertiary/aromatic N) is 3. The van der Waals surface area contributed by atoms with Crippen LogP contribution in [-0.4, -0.2) is 36.0 Å². The van der Waals surface area contributed by atoms with Gasteiger partial charge in [0.15, 0.2) is 0 Å². The lowest BCUT2D eigenvalue weighted by molar-refractivity contribution is 0.102. The smallest absolute Gasteiger partial charge is 0.257 e. The lowest BCUT2D eigenvalue weighted by Crippen LogP contribution is -2.28. The normalized spacial score (nSPS) is 15.5. The van der Waals surface area contributed by atoms with Crippen LogP contribution in [0.3, 0.4) is 0 Å². The molecule has 6 heteroatoms. The number of carbonyl (C=O) groups excluding carboxylic acids is 1. The molecule has 0 saturated heterocycles. The van der Waals surface area contributed by atoms with Crippen molar-refractivity contribution < 1.29 is 4.79 Å². The number of carbonyl (C=O) groups is 1. The molecule has 1 aliphatic carbocycles. The molecule has 1 amide bonds. The largest absolute Gasteiger partial charge is 0.378 e. The summed E-state index contributed by atoms with van der Waals surface area (Å²) in [7, 11) is 4.01. The van der Waals surface area contributed by atoms with E-state index in [1.54, 1.807) is 18.6 Å². The van der Waals surface area contributed by atoms with Gasteiger partial charge >= 0.3 is 0 Å². The average Bonchev–Trinajstić information content (AvgIpc) is 2.73. The van der Waals surface area contributed by atoms with Crippen molar-refractivity contribution in [3.8, 4) is 11.1 Å². The number of rotatable bonds is 4. The van der Waals surface area contributed by atoms with E-state index in [-0.39, 0.29) is 11.9 Å². The highest BCUT2D eigenvalue weighted by Gasteiger charge is 2.17. The summed E-state index contributed by atoms with van der Waals surface area (Å²) >= 11 is 0. The van der Waals surface area contributed by atoms with Gasteiger partial charge in [-0.15, -0.1) is 0 Å². The van der Waals surface area contributed by atoms with Crippen LogP contribution < -0.4 is 16.0 Å². The molecule has 2 aromatic heterocycles. The molecule has 6 nitrogen and oxygen atoms in total. The molecule has 0 saturated carbocycles. The molecule has 0 aliphatic heterocycles. The second-order valence-electron chi connectivity index (χ2n) is 7.69. The lowest BCUT2D eigenvalue weighted by Gasteiger charge is -2.21. The number of aryl methyl sites for hydroxylation is 1. The molecule has 148 valence electrons. The fraction of sp³-hybridized carbons (Fsp3) is 0.261. The molecule has 4 rings (SSSR count).